The average molecular weight is 830 g/mol. The molecule has 0 unspecified atom stereocenters. The molecule has 1 saturated heterocycles. The molecule has 58 heavy (non-hydrogen) atoms. The van der Waals surface area contributed by atoms with Crippen molar-refractivity contribution in [3.05, 3.63) is 46.0 Å². The summed E-state index contributed by atoms with van der Waals surface area (Å²) in [4.78, 5) is 76.0. The number of carboxylic acid groups (broad SMARTS) is 1. The number of esters is 1. The number of amides is 3. The summed E-state index contributed by atoms with van der Waals surface area (Å²) in [5, 5.41) is 18.0. The number of anilines is 1. The zero-order valence-corrected chi connectivity index (χ0v) is 37.0. The van der Waals surface area contributed by atoms with Crippen molar-refractivity contribution in [3.63, 3.8) is 0 Å². The Kier molecular flexibility index (Phi) is 19.2. The van der Waals surface area contributed by atoms with Gasteiger partial charge in [-0.2, -0.15) is 0 Å². The van der Waals surface area contributed by atoms with E-state index in [2.05, 4.69) is 27.4 Å². The Morgan fingerprint density at radius 3 is 2.33 bits per heavy atom. The molecule has 0 bridgehead atoms. The minimum atomic E-state index is -1.22. The van der Waals surface area contributed by atoms with Gasteiger partial charge in [0.2, 0.25) is 17.7 Å². The number of rotatable bonds is 23. The molecule has 12 nitrogen and oxygen atoms in total. The maximum absolute atomic E-state index is 14.9. The van der Waals surface area contributed by atoms with E-state index in [-0.39, 0.29) is 54.9 Å². The molecule has 0 saturated carbocycles. The number of aromatic nitrogens is 1. The average Bonchev–Trinajstić information content (AvgIpc) is 3.63. The number of nitrogens with zero attached hydrogens (tertiary/aromatic N) is 3. The van der Waals surface area contributed by atoms with Gasteiger partial charge >= 0.3 is 11.9 Å². The lowest BCUT2D eigenvalue weighted by Gasteiger charge is -2.40. The number of thiazole rings is 1. The summed E-state index contributed by atoms with van der Waals surface area (Å²) in [5.41, 5.74) is -0.540. The second kappa shape index (κ2) is 23.0. The molecule has 1 aromatic carbocycles. The van der Waals surface area contributed by atoms with E-state index in [1.54, 1.807) is 31.4 Å². The van der Waals surface area contributed by atoms with Gasteiger partial charge in [0.1, 0.15) is 22.6 Å². The monoisotopic (exact) mass is 829 g/mol. The Balaban J connectivity index is 1.94. The number of nitrogens with one attached hydrogen (secondary N) is 2. The fourth-order valence-corrected chi connectivity index (χ4v) is 8.44. The van der Waals surface area contributed by atoms with Crippen molar-refractivity contribution < 1.29 is 38.2 Å². The minimum absolute atomic E-state index is 0.0177. The van der Waals surface area contributed by atoms with Crippen molar-refractivity contribution in [2.45, 2.75) is 144 Å². The molecular weight excluding hydrogens is 762 g/mol. The topological polar surface area (TPSA) is 158 Å². The fraction of sp³-hybridized carbons (Fsp3) is 0.682. The van der Waals surface area contributed by atoms with E-state index < -0.39 is 53.1 Å². The summed E-state index contributed by atoms with van der Waals surface area (Å²) in [7, 11) is 2.00. The molecule has 3 rings (SSSR count). The molecular formula is C44H68FN5O7S. The summed E-state index contributed by atoms with van der Waals surface area (Å²) in [5.74, 6) is -4.68. The number of carboxylic acids is 1. The second-order valence-corrected chi connectivity index (χ2v) is 18.0. The van der Waals surface area contributed by atoms with E-state index in [9.17, 15) is 33.5 Å². The molecule has 14 heteroatoms. The van der Waals surface area contributed by atoms with Crippen LogP contribution in [0.2, 0.25) is 0 Å². The van der Waals surface area contributed by atoms with Gasteiger partial charge in [-0.05, 0) is 95.5 Å². The van der Waals surface area contributed by atoms with E-state index in [0.717, 1.165) is 51.5 Å². The van der Waals surface area contributed by atoms with Crippen LogP contribution in [0.25, 0.3) is 0 Å². The van der Waals surface area contributed by atoms with Gasteiger partial charge in [-0.25, -0.2) is 9.37 Å². The highest BCUT2D eigenvalue weighted by atomic mass is 32.1. The van der Waals surface area contributed by atoms with Crippen molar-refractivity contribution in [2.24, 2.45) is 29.1 Å². The van der Waals surface area contributed by atoms with Crippen molar-refractivity contribution in [1.82, 2.24) is 20.1 Å². The highest BCUT2D eigenvalue weighted by Crippen LogP contribution is 2.35. The number of unbranched alkanes of at least 4 members (excludes halogenated alkanes) is 3. The van der Waals surface area contributed by atoms with E-state index >= 15 is 0 Å². The van der Waals surface area contributed by atoms with Crippen LogP contribution < -0.4 is 10.6 Å². The normalized spacial score (nSPS) is 17.5. The van der Waals surface area contributed by atoms with E-state index in [1.165, 1.54) is 30.4 Å². The first-order valence-electron chi connectivity index (χ1n) is 21.1. The molecule has 324 valence electrons. The van der Waals surface area contributed by atoms with Crippen LogP contribution in [-0.4, -0.2) is 81.9 Å². The van der Waals surface area contributed by atoms with Gasteiger partial charge in [-0.1, -0.05) is 72.4 Å². The zero-order chi connectivity index (χ0) is 43.2. The van der Waals surface area contributed by atoms with Gasteiger partial charge in [-0.15, -0.1) is 11.3 Å². The number of piperidine rings is 1. The summed E-state index contributed by atoms with van der Waals surface area (Å²) < 4.78 is 19.6. The standard InChI is InChI=1S/C44H68FN5O7S/c1-10-12-13-15-23-50(42(54)38(29(5)11-2)40(53)48-37-17-14-16-22-49(37)9)34(28(3)4)25-35(57-30(6)51)41-47-36(27-58-41)46-39(52)32(26-44(7,8)43(55)56)24-31-18-20-33(45)21-19-31/h18-21,27-29,32,34-35,37-38H,10-17,22-26H2,1-9H3,(H,46,52)(H,48,53)(H,55,56)/t29-,32-,34+,35+,37+,38-/m0/s1. The van der Waals surface area contributed by atoms with Crippen LogP contribution in [0, 0.1) is 34.9 Å². The summed E-state index contributed by atoms with van der Waals surface area (Å²) in [6.07, 6.45) is 6.69. The summed E-state index contributed by atoms with van der Waals surface area (Å²) >= 11 is 1.20. The molecule has 3 N–H and O–H groups in total. The first-order chi connectivity index (χ1) is 27.4. The third-order valence-electron chi connectivity index (χ3n) is 11.5. The molecule has 0 spiro atoms. The third kappa shape index (κ3) is 14.4. The van der Waals surface area contributed by atoms with Crippen LogP contribution in [0.1, 0.15) is 136 Å². The lowest BCUT2D eigenvalue weighted by atomic mass is 9.80. The van der Waals surface area contributed by atoms with Crippen LogP contribution >= 0.6 is 11.3 Å². The molecule has 2 heterocycles. The number of carbonyl (C=O) groups excluding carboxylic acids is 4. The Bertz CT molecular complexity index is 1650. The van der Waals surface area contributed by atoms with Crippen LogP contribution in [0.15, 0.2) is 29.6 Å². The first kappa shape index (κ1) is 48.5. The number of halogens is 1. The number of carbonyl (C=O) groups is 5. The Morgan fingerprint density at radius 1 is 1.05 bits per heavy atom. The van der Waals surface area contributed by atoms with Gasteiger partial charge in [0.25, 0.3) is 0 Å². The maximum atomic E-state index is 14.9. The lowest BCUT2D eigenvalue weighted by Crippen LogP contribution is -2.56. The van der Waals surface area contributed by atoms with Crippen molar-refractivity contribution >= 4 is 46.8 Å². The predicted molar refractivity (Wildman–Crippen MR) is 225 cm³/mol. The molecule has 2 aromatic rings. The molecule has 3 amide bonds. The van der Waals surface area contributed by atoms with Crippen LogP contribution in [-0.2, 0) is 35.1 Å². The number of hydrogen-bond donors (Lipinski definition) is 3. The number of likely N-dealkylation sites (tertiary alicyclic amines) is 1. The van der Waals surface area contributed by atoms with E-state index in [0.29, 0.717) is 23.5 Å². The van der Waals surface area contributed by atoms with E-state index in [1.807, 2.05) is 39.6 Å². The van der Waals surface area contributed by atoms with Crippen molar-refractivity contribution in [2.75, 3.05) is 25.5 Å². The quantitative estimate of drug-likeness (QED) is 0.0570. The van der Waals surface area contributed by atoms with Gasteiger partial charge in [0, 0.05) is 37.2 Å². The SMILES string of the molecule is CCCCCCN(C(=O)[C@H](C(=O)N[C@H]1CCCCN1C)[C@@H](C)CC)[C@H](C[C@@H](OC(C)=O)c1nc(NC(=O)[C@@H](Cc2ccc(F)cc2)CC(C)(C)C(=O)O)cs1)C(C)C. The highest BCUT2D eigenvalue weighted by molar-refractivity contribution is 7.10. The lowest BCUT2D eigenvalue weighted by molar-refractivity contribution is -0.151. The summed E-state index contributed by atoms with van der Waals surface area (Å²) in [6.45, 7) is 15.9. The minimum Gasteiger partial charge on any atom is -0.481 e. The molecule has 1 aliphatic heterocycles. The Hall–Kier alpha value is -3.91. The molecule has 0 aliphatic carbocycles. The van der Waals surface area contributed by atoms with Gasteiger partial charge < -0.3 is 25.4 Å². The van der Waals surface area contributed by atoms with Gasteiger partial charge in [0.15, 0.2) is 6.10 Å². The number of benzene rings is 1. The van der Waals surface area contributed by atoms with Crippen LogP contribution in [0.4, 0.5) is 10.2 Å². The molecule has 0 radical (unpaired) electrons. The van der Waals surface area contributed by atoms with Gasteiger partial charge in [0.05, 0.1) is 11.6 Å². The Morgan fingerprint density at radius 2 is 1.74 bits per heavy atom. The van der Waals surface area contributed by atoms with Crippen LogP contribution in [0.5, 0.6) is 0 Å². The number of hydrogen-bond acceptors (Lipinski definition) is 9. The van der Waals surface area contributed by atoms with Crippen molar-refractivity contribution in [3.8, 4) is 0 Å². The van der Waals surface area contributed by atoms with Gasteiger partial charge in [-0.3, -0.25) is 28.9 Å². The molecule has 1 aromatic heterocycles. The molecule has 1 fully saturated rings. The van der Waals surface area contributed by atoms with E-state index in [4.69, 9.17) is 4.74 Å². The largest absolute Gasteiger partial charge is 0.481 e. The molecule has 1 aliphatic rings. The first-order valence-corrected chi connectivity index (χ1v) is 22.0. The predicted octanol–water partition coefficient (Wildman–Crippen LogP) is 8.23. The zero-order valence-electron chi connectivity index (χ0n) is 36.1. The molecule has 6 atom stereocenters. The summed E-state index contributed by atoms with van der Waals surface area (Å²) in [6, 6.07) is 5.33. The maximum Gasteiger partial charge on any atom is 0.309 e. The smallest absolute Gasteiger partial charge is 0.309 e. The Labute approximate surface area is 349 Å². The highest BCUT2D eigenvalue weighted by Gasteiger charge is 2.41. The second-order valence-electron chi connectivity index (χ2n) is 17.1. The number of aliphatic carboxylic acids is 1. The fourth-order valence-electron chi connectivity index (χ4n) is 7.65. The number of ether oxygens (including phenoxy) is 1. The third-order valence-corrected chi connectivity index (χ3v) is 12.4. The van der Waals surface area contributed by atoms with Crippen molar-refractivity contribution in [1.29, 1.82) is 0 Å². The van der Waals surface area contributed by atoms with Crippen LogP contribution in [0.3, 0.4) is 0 Å².